The number of hydrogen-bond acceptors (Lipinski definition) is 3. The molecular weight excluding hydrogens is 340 g/mol. The number of aryl methyl sites for hydroxylation is 1. The highest BCUT2D eigenvalue weighted by atomic mass is 16.5. The molecule has 2 aromatic rings. The van der Waals surface area contributed by atoms with Crippen molar-refractivity contribution in [3.63, 3.8) is 0 Å². The summed E-state index contributed by atoms with van der Waals surface area (Å²) in [5, 5.41) is 5.58. The minimum absolute atomic E-state index is 0.0385. The van der Waals surface area contributed by atoms with Gasteiger partial charge in [-0.25, -0.2) is 4.79 Å². The third-order valence-electron chi connectivity index (χ3n) is 4.22. The van der Waals surface area contributed by atoms with E-state index in [9.17, 15) is 9.59 Å². The Kier molecular flexibility index (Phi) is 8.36. The molecule has 1 atom stereocenters. The second kappa shape index (κ2) is 11.0. The largest absolute Gasteiger partial charge is 0.445 e. The molecule has 2 N–H and O–H groups in total. The Morgan fingerprint density at radius 2 is 1.52 bits per heavy atom. The third kappa shape index (κ3) is 7.52. The zero-order chi connectivity index (χ0) is 19.5. The Bertz CT molecular complexity index is 702. The molecule has 0 spiro atoms. The lowest BCUT2D eigenvalue weighted by Crippen LogP contribution is -2.50. The normalized spacial score (nSPS) is 11.7. The van der Waals surface area contributed by atoms with E-state index in [-0.39, 0.29) is 18.4 Å². The first-order valence-corrected chi connectivity index (χ1v) is 9.35. The van der Waals surface area contributed by atoms with Crippen molar-refractivity contribution in [2.75, 3.05) is 6.54 Å². The van der Waals surface area contributed by atoms with Gasteiger partial charge in [-0.2, -0.15) is 0 Å². The minimum atomic E-state index is -0.620. The summed E-state index contributed by atoms with van der Waals surface area (Å²) < 4.78 is 5.21. The van der Waals surface area contributed by atoms with Crippen LogP contribution in [0.5, 0.6) is 0 Å². The summed E-state index contributed by atoms with van der Waals surface area (Å²) >= 11 is 0. The highest BCUT2D eigenvalue weighted by molar-refractivity contribution is 5.85. The van der Waals surface area contributed by atoms with Gasteiger partial charge in [0, 0.05) is 6.54 Å². The molecule has 0 bridgehead atoms. The Balaban J connectivity index is 1.74. The number of benzene rings is 2. The van der Waals surface area contributed by atoms with Crippen molar-refractivity contribution in [3.05, 3.63) is 71.8 Å². The van der Waals surface area contributed by atoms with E-state index < -0.39 is 12.1 Å². The topological polar surface area (TPSA) is 67.4 Å². The zero-order valence-electron chi connectivity index (χ0n) is 16.0. The van der Waals surface area contributed by atoms with Crippen LogP contribution in [0, 0.1) is 5.92 Å². The van der Waals surface area contributed by atoms with Crippen LogP contribution < -0.4 is 10.6 Å². The second-order valence-electron chi connectivity index (χ2n) is 6.81. The van der Waals surface area contributed by atoms with Crippen LogP contribution >= 0.6 is 0 Å². The highest BCUT2D eigenvalue weighted by Crippen LogP contribution is 2.05. The van der Waals surface area contributed by atoms with E-state index in [0.717, 1.165) is 18.4 Å². The van der Waals surface area contributed by atoms with E-state index in [1.807, 2.05) is 62.4 Å². The molecule has 27 heavy (non-hydrogen) atoms. The van der Waals surface area contributed by atoms with Crippen LogP contribution in [0.2, 0.25) is 0 Å². The van der Waals surface area contributed by atoms with E-state index in [1.54, 1.807) is 0 Å². The fourth-order valence-corrected chi connectivity index (χ4v) is 2.69. The molecule has 144 valence electrons. The van der Waals surface area contributed by atoms with E-state index in [1.165, 1.54) is 5.56 Å². The fraction of sp³-hybridized carbons (Fsp3) is 0.364. The Labute approximate surface area is 161 Å². The van der Waals surface area contributed by atoms with Gasteiger partial charge in [-0.15, -0.1) is 0 Å². The lowest BCUT2D eigenvalue weighted by Gasteiger charge is -2.21. The molecule has 5 nitrogen and oxygen atoms in total. The summed E-state index contributed by atoms with van der Waals surface area (Å²) in [6.07, 6.45) is 1.16. The van der Waals surface area contributed by atoms with Crippen LogP contribution in [0.1, 0.15) is 31.4 Å². The Hall–Kier alpha value is -2.82. The highest BCUT2D eigenvalue weighted by Gasteiger charge is 2.24. The van der Waals surface area contributed by atoms with Crippen molar-refractivity contribution in [2.24, 2.45) is 5.92 Å². The minimum Gasteiger partial charge on any atom is -0.445 e. The van der Waals surface area contributed by atoms with Gasteiger partial charge in [0.1, 0.15) is 12.6 Å². The van der Waals surface area contributed by atoms with Crippen LogP contribution in [-0.2, 0) is 22.6 Å². The molecule has 5 heteroatoms. The molecule has 0 aromatic heterocycles. The van der Waals surface area contributed by atoms with Gasteiger partial charge < -0.3 is 15.4 Å². The summed E-state index contributed by atoms with van der Waals surface area (Å²) in [6, 6.07) is 19.0. The van der Waals surface area contributed by atoms with Gasteiger partial charge in [-0.05, 0) is 29.9 Å². The van der Waals surface area contributed by atoms with Gasteiger partial charge in [0.2, 0.25) is 5.91 Å². The summed E-state index contributed by atoms with van der Waals surface area (Å²) in [4.78, 5) is 24.5. The Morgan fingerprint density at radius 1 is 0.926 bits per heavy atom. The number of nitrogens with one attached hydrogen (secondary N) is 2. The fourth-order valence-electron chi connectivity index (χ4n) is 2.69. The first-order valence-electron chi connectivity index (χ1n) is 9.35. The van der Waals surface area contributed by atoms with Gasteiger partial charge in [-0.1, -0.05) is 74.5 Å². The predicted octanol–water partition coefficient (Wildman–Crippen LogP) is 3.69. The number of ether oxygens (including phenoxy) is 1. The quantitative estimate of drug-likeness (QED) is 0.664. The number of carbonyl (C=O) groups excluding carboxylic acids is 2. The van der Waals surface area contributed by atoms with Crippen LogP contribution in [0.15, 0.2) is 60.7 Å². The first kappa shape index (κ1) is 20.5. The third-order valence-corrected chi connectivity index (χ3v) is 4.22. The van der Waals surface area contributed by atoms with Gasteiger partial charge in [0.25, 0.3) is 0 Å². The molecule has 0 aliphatic heterocycles. The predicted molar refractivity (Wildman–Crippen MR) is 106 cm³/mol. The first-order chi connectivity index (χ1) is 13.1. The van der Waals surface area contributed by atoms with Crippen molar-refractivity contribution in [2.45, 2.75) is 39.3 Å². The average Bonchev–Trinajstić information content (AvgIpc) is 2.69. The Morgan fingerprint density at radius 3 is 2.11 bits per heavy atom. The van der Waals surface area contributed by atoms with E-state index >= 15 is 0 Å². The van der Waals surface area contributed by atoms with Crippen molar-refractivity contribution < 1.29 is 14.3 Å². The van der Waals surface area contributed by atoms with Gasteiger partial charge >= 0.3 is 6.09 Å². The molecule has 2 aromatic carbocycles. The number of rotatable bonds is 9. The molecule has 0 aliphatic rings. The number of carbonyl (C=O) groups is 2. The summed E-state index contributed by atoms with van der Waals surface area (Å²) in [6.45, 7) is 4.53. The van der Waals surface area contributed by atoms with Crippen molar-refractivity contribution in [1.29, 1.82) is 0 Å². The molecule has 0 radical (unpaired) electrons. The molecule has 0 aliphatic carbocycles. The lowest BCUT2D eigenvalue weighted by atomic mass is 10.0. The molecule has 0 fully saturated rings. The molecular formula is C22H28N2O3. The number of hydrogen-bond donors (Lipinski definition) is 2. The zero-order valence-corrected chi connectivity index (χ0v) is 16.0. The molecule has 0 unspecified atom stereocenters. The maximum absolute atomic E-state index is 12.4. The SMILES string of the molecule is CC(C)[C@H](NC(=O)OCc1ccccc1)C(=O)NCCCc1ccccc1. The van der Waals surface area contributed by atoms with Crippen molar-refractivity contribution >= 4 is 12.0 Å². The smallest absolute Gasteiger partial charge is 0.408 e. The molecule has 2 rings (SSSR count). The van der Waals surface area contributed by atoms with E-state index in [2.05, 4.69) is 22.8 Å². The number of alkyl carbamates (subject to hydrolysis) is 1. The van der Waals surface area contributed by atoms with Crippen LogP contribution in [0.4, 0.5) is 4.79 Å². The van der Waals surface area contributed by atoms with Crippen LogP contribution in [0.25, 0.3) is 0 Å². The summed E-state index contributed by atoms with van der Waals surface area (Å²) in [5.74, 6) is -0.224. The van der Waals surface area contributed by atoms with E-state index in [0.29, 0.717) is 6.54 Å². The standard InChI is InChI=1S/C22H28N2O3/c1-17(2)20(24-22(26)27-16-19-12-7-4-8-13-19)21(25)23-15-9-14-18-10-5-3-6-11-18/h3-8,10-13,17,20H,9,14-16H2,1-2H3,(H,23,25)(H,24,26)/t20-/m0/s1. The van der Waals surface area contributed by atoms with Crippen molar-refractivity contribution in [1.82, 2.24) is 10.6 Å². The molecule has 0 heterocycles. The average molecular weight is 368 g/mol. The maximum Gasteiger partial charge on any atom is 0.408 e. The second-order valence-corrected chi connectivity index (χ2v) is 6.81. The van der Waals surface area contributed by atoms with E-state index in [4.69, 9.17) is 4.74 Å². The van der Waals surface area contributed by atoms with Gasteiger partial charge in [0.15, 0.2) is 0 Å². The van der Waals surface area contributed by atoms with Gasteiger partial charge in [0.05, 0.1) is 0 Å². The van der Waals surface area contributed by atoms with Crippen molar-refractivity contribution in [3.8, 4) is 0 Å². The molecule has 2 amide bonds. The monoisotopic (exact) mass is 368 g/mol. The maximum atomic E-state index is 12.4. The molecule has 0 saturated carbocycles. The van der Waals surface area contributed by atoms with Crippen LogP contribution in [0.3, 0.4) is 0 Å². The summed E-state index contributed by atoms with van der Waals surface area (Å²) in [5.41, 5.74) is 2.15. The molecule has 0 saturated heterocycles. The number of amides is 2. The van der Waals surface area contributed by atoms with Gasteiger partial charge in [-0.3, -0.25) is 4.79 Å². The van der Waals surface area contributed by atoms with Crippen LogP contribution in [-0.4, -0.2) is 24.6 Å². The summed E-state index contributed by atoms with van der Waals surface area (Å²) in [7, 11) is 0. The lowest BCUT2D eigenvalue weighted by molar-refractivity contribution is -0.124.